The molecule has 3 heterocycles. The second kappa shape index (κ2) is 5.47. The number of carbonyl (C=O) groups is 2. The summed E-state index contributed by atoms with van der Waals surface area (Å²) in [7, 11) is 1.76. The van der Waals surface area contributed by atoms with Crippen LogP contribution < -0.4 is 10.6 Å². The van der Waals surface area contributed by atoms with Gasteiger partial charge in [-0.05, 0) is 19.3 Å². The van der Waals surface area contributed by atoms with Crippen molar-refractivity contribution >= 4 is 11.9 Å². The largest absolute Gasteiger partial charge is 0.325 e. The van der Waals surface area contributed by atoms with Crippen molar-refractivity contribution in [2.45, 2.75) is 63.1 Å². The Bertz CT molecular complexity index is 479. The molecule has 0 radical (unpaired) electrons. The van der Waals surface area contributed by atoms with Crippen LogP contribution in [0.3, 0.4) is 0 Å². The van der Waals surface area contributed by atoms with Crippen LogP contribution in [0.25, 0.3) is 0 Å². The Kier molecular flexibility index (Phi) is 3.58. The van der Waals surface area contributed by atoms with E-state index in [2.05, 4.69) is 20.4 Å². The minimum atomic E-state index is -0.303. The van der Waals surface area contributed by atoms with E-state index in [0.717, 1.165) is 19.5 Å². The molecule has 1 saturated carbocycles. The number of likely N-dealkylation sites (N-methyl/N-ethyl adjacent to an activating group) is 1. The molecule has 0 bridgehead atoms. The third-order valence-electron chi connectivity index (χ3n) is 5.72. The summed E-state index contributed by atoms with van der Waals surface area (Å²) in [6, 6.07) is 0.0418. The second-order valence-electron chi connectivity index (χ2n) is 6.96. The van der Waals surface area contributed by atoms with E-state index < -0.39 is 0 Å². The molecule has 3 unspecified atom stereocenters. The van der Waals surface area contributed by atoms with E-state index >= 15 is 0 Å². The van der Waals surface area contributed by atoms with Crippen LogP contribution in [-0.4, -0.2) is 71.3 Å². The average molecular weight is 307 g/mol. The maximum Gasteiger partial charge on any atom is 0.325 e. The van der Waals surface area contributed by atoms with E-state index in [1.807, 2.05) is 0 Å². The first-order valence-electron chi connectivity index (χ1n) is 8.52. The topological polar surface area (TPSA) is 67.9 Å². The van der Waals surface area contributed by atoms with E-state index in [1.54, 1.807) is 11.9 Å². The van der Waals surface area contributed by atoms with Gasteiger partial charge in [0.25, 0.3) is 0 Å². The number of fused-ring (bicyclic) bond motifs is 3. The predicted molar refractivity (Wildman–Crippen MR) is 80.7 cm³/mol. The number of urea groups is 1. The smallest absolute Gasteiger partial charge is 0.310 e. The summed E-state index contributed by atoms with van der Waals surface area (Å²) in [4.78, 5) is 30.6. The van der Waals surface area contributed by atoms with Gasteiger partial charge in [0, 0.05) is 26.2 Å². The van der Waals surface area contributed by atoms with Crippen LogP contribution in [-0.2, 0) is 4.79 Å². The molecule has 0 aromatic heterocycles. The second-order valence-corrected chi connectivity index (χ2v) is 6.96. The number of imide groups is 1. The van der Waals surface area contributed by atoms with Gasteiger partial charge in [0.05, 0.1) is 0 Å². The maximum atomic E-state index is 12.3. The molecule has 22 heavy (non-hydrogen) atoms. The zero-order valence-electron chi connectivity index (χ0n) is 13.1. The Labute approximate surface area is 131 Å². The minimum absolute atomic E-state index is 0.0888. The molecule has 0 aromatic carbocycles. The van der Waals surface area contributed by atoms with Gasteiger partial charge in [-0.3, -0.25) is 25.2 Å². The molecular weight excluding hydrogens is 282 g/mol. The van der Waals surface area contributed by atoms with Crippen molar-refractivity contribution in [3.05, 3.63) is 0 Å². The first kappa shape index (κ1) is 14.4. The quantitative estimate of drug-likeness (QED) is 0.719. The number of carbonyl (C=O) groups excluding carboxylic acids is 2. The van der Waals surface area contributed by atoms with Crippen molar-refractivity contribution in [3.8, 4) is 0 Å². The highest BCUT2D eigenvalue weighted by molar-refractivity contribution is 6.00. The molecule has 7 nitrogen and oxygen atoms in total. The highest BCUT2D eigenvalue weighted by atomic mass is 16.2. The van der Waals surface area contributed by atoms with E-state index in [1.165, 1.54) is 32.1 Å². The fourth-order valence-corrected chi connectivity index (χ4v) is 4.59. The Morgan fingerprint density at radius 3 is 2.50 bits per heavy atom. The number of nitrogens with zero attached hydrogens (tertiary/aromatic N) is 3. The number of rotatable bonds is 1. The summed E-state index contributed by atoms with van der Waals surface area (Å²) < 4.78 is 0. The van der Waals surface area contributed by atoms with Crippen LogP contribution in [0.5, 0.6) is 0 Å². The summed E-state index contributed by atoms with van der Waals surface area (Å²) in [5.41, 5.74) is 0. The van der Waals surface area contributed by atoms with E-state index in [-0.39, 0.29) is 30.4 Å². The summed E-state index contributed by atoms with van der Waals surface area (Å²) in [5, 5.41) is 6.02. The molecule has 7 heteroatoms. The molecule has 4 aliphatic rings. The SMILES string of the molecule is CN1C(=O)NC(=O)C2C1NC1N(C3CCCCC3)CCCN21. The number of hydrogen-bond acceptors (Lipinski definition) is 5. The number of hydrogen-bond donors (Lipinski definition) is 2. The van der Waals surface area contributed by atoms with Gasteiger partial charge in [-0.15, -0.1) is 0 Å². The van der Waals surface area contributed by atoms with Crippen LogP contribution in [0.2, 0.25) is 0 Å². The van der Waals surface area contributed by atoms with Crippen molar-refractivity contribution in [1.29, 1.82) is 0 Å². The zero-order valence-corrected chi connectivity index (χ0v) is 13.1. The molecule has 3 aliphatic heterocycles. The Morgan fingerprint density at radius 1 is 1.00 bits per heavy atom. The molecule has 4 fully saturated rings. The van der Waals surface area contributed by atoms with Crippen LogP contribution in [0, 0.1) is 0 Å². The van der Waals surface area contributed by atoms with Crippen LogP contribution in [0.15, 0.2) is 0 Å². The normalized spacial score (nSPS) is 37.9. The Balaban J connectivity index is 1.58. The molecule has 3 atom stereocenters. The maximum absolute atomic E-state index is 12.3. The highest BCUT2D eigenvalue weighted by Gasteiger charge is 2.54. The highest BCUT2D eigenvalue weighted by Crippen LogP contribution is 2.32. The van der Waals surface area contributed by atoms with Crippen molar-refractivity contribution in [2.75, 3.05) is 20.1 Å². The van der Waals surface area contributed by atoms with Gasteiger partial charge < -0.3 is 4.90 Å². The van der Waals surface area contributed by atoms with Gasteiger partial charge >= 0.3 is 6.03 Å². The molecule has 122 valence electrons. The molecule has 4 rings (SSSR count). The van der Waals surface area contributed by atoms with E-state index in [9.17, 15) is 9.59 Å². The van der Waals surface area contributed by atoms with Gasteiger partial charge in [-0.25, -0.2) is 4.79 Å². The van der Waals surface area contributed by atoms with Crippen molar-refractivity contribution in [2.24, 2.45) is 0 Å². The zero-order chi connectivity index (χ0) is 15.3. The first-order chi connectivity index (χ1) is 10.7. The van der Waals surface area contributed by atoms with Gasteiger partial charge in [0.2, 0.25) is 5.91 Å². The molecule has 3 saturated heterocycles. The molecule has 0 spiro atoms. The lowest BCUT2D eigenvalue weighted by atomic mass is 9.93. The summed E-state index contributed by atoms with van der Waals surface area (Å²) >= 11 is 0. The van der Waals surface area contributed by atoms with Crippen molar-refractivity contribution < 1.29 is 9.59 Å². The molecular formula is C15H25N5O2. The van der Waals surface area contributed by atoms with Gasteiger partial charge in [-0.1, -0.05) is 19.3 Å². The summed E-state index contributed by atoms with van der Waals surface area (Å²) in [6.07, 6.45) is 7.42. The Hall–Kier alpha value is -1.18. The lowest BCUT2D eigenvalue weighted by Crippen LogP contribution is -2.65. The molecule has 0 aromatic rings. The lowest BCUT2D eigenvalue weighted by Gasteiger charge is -2.45. The third kappa shape index (κ3) is 2.14. The van der Waals surface area contributed by atoms with Gasteiger partial charge in [0.15, 0.2) is 0 Å². The average Bonchev–Trinajstić information content (AvgIpc) is 2.93. The Morgan fingerprint density at radius 2 is 1.73 bits per heavy atom. The minimum Gasteiger partial charge on any atom is -0.310 e. The number of amides is 3. The number of nitrogens with one attached hydrogen (secondary N) is 2. The molecule has 1 aliphatic carbocycles. The van der Waals surface area contributed by atoms with Crippen LogP contribution in [0.4, 0.5) is 4.79 Å². The molecule has 3 amide bonds. The van der Waals surface area contributed by atoms with Crippen LogP contribution in [0.1, 0.15) is 38.5 Å². The fourth-order valence-electron chi connectivity index (χ4n) is 4.59. The van der Waals surface area contributed by atoms with Gasteiger partial charge in [0.1, 0.15) is 18.5 Å². The molecule has 2 N–H and O–H groups in total. The first-order valence-corrected chi connectivity index (χ1v) is 8.52. The standard InChI is InChI=1S/C15H25N5O2/c1-18-12-11(13(21)17-15(18)22)20-9-5-8-19(14(20)16-12)10-6-3-2-4-7-10/h10-12,14,16H,2-9H2,1H3,(H,17,21,22). The van der Waals surface area contributed by atoms with E-state index in [0.29, 0.717) is 6.04 Å². The summed E-state index contributed by atoms with van der Waals surface area (Å²) in [5.74, 6) is -0.159. The lowest BCUT2D eigenvalue weighted by molar-refractivity contribution is -0.130. The van der Waals surface area contributed by atoms with Crippen LogP contribution >= 0.6 is 0 Å². The van der Waals surface area contributed by atoms with Crippen molar-refractivity contribution in [1.82, 2.24) is 25.3 Å². The fraction of sp³-hybridized carbons (Fsp3) is 0.867. The van der Waals surface area contributed by atoms with Crippen molar-refractivity contribution in [3.63, 3.8) is 0 Å². The van der Waals surface area contributed by atoms with Gasteiger partial charge in [-0.2, -0.15) is 0 Å². The predicted octanol–water partition coefficient (Wildman–Crippen LogP) is 0.0899. The van der Waals surface area contributed by atoms with E-state index in [4.69, 9.17) is 0 Å². The third-order valence-corrected chi connectivity index (χ3v) is 5.72. The summed E-state index contributed by atoms with van der Waals surface area (Å²) in [6.45, 7) is 2.00. The monoisotopic (exact) mass is 307 g/mol.